The minimum Gasteiger partial charge on any atom is -0.349 e. The molecule has 1 aromatic carbocycles. The van der Waals surface area contributed by atoms with Gasteiger partial charge in [0.2, 0.25) is 5.91 Å². The van der Waals surface area contributed by atoms with Gasteiger partial charge in [0.1, 0.15) is 0 Å². The lowest BCUT2D eigenvalue weighted by molar-refractivity contribution is -0.124. The van der Waals surface area contributed by atoms with Crippen LogP contribution in [0, 0.1) is 0 Å². The second kappa shape index (κ2) is 6.37. The molecule has 2 rings (SSSR count). The molecule has 4 heteroatoms. The predicted octanol–water partition coefficient (Wildman–Crippen LogP) is 2.07. The Hall–Kier alpha value is -2.10. The molecule has 1 aliphatic rings. The molecule has 106 valence electrons. The van der Waals surface area contributed by atoms with Gasteiger partial charge in [-0.2, -0.15) is 0 Å². The van der Waals surface area contributed by atoms with Gasteiger partial charge in [0.05, 0.1) is 0 Å². The lowest BCUT2D eigenvalue weighted by Crippen LogP contribution is -2.25. The molecule has 0 unspecified atom stereocenters. The van der Waals surface area contributed by atoms with E-state index in [1.165, 1.54) is 0 Å². The van der Waals surface area contributed by atoms with Crippen molar-refractivity contribution in [1.29, 1.82) is 0 Å². The molecule has 1 fully saturated rings. The Labute approximate surface area is 119 Å². The molecule has 0 atom stereocenters. The first-order chi connectivity index (χ1) is 9.60. The summed E-state index contributed by atoms with van der Waals surface area (Å²) in [6.45, 7) is 2.61. The van der Waals surface area contributed by atoms with E-state index >= 15 is 0 Å². The number of amides is 2. The Balaban J connectivity index is 1.95. The number of nitrogens with one attached hydrogen (secondary N) is 1. The number of nitrogens with zero attached hydrogens (tertiary/aromatic N) is 1. The second-order valence-electron chi connectivity index (χ2n) is 5.06. The van der Waals surface area contributed by atoms with Gasteiger partial charge in [0, 0.05) is 31.3 Å². The summed E-state index contributed by atoms with van der Waals surface area (Å²) in [5.74, 6) is -0.0483. The van der Waals surface area contributed by atoms with E-state index in [0.29, 0.717) is 18.2 Å². The van der Waals surface area contributed by atoms with E-state index < -0.39 is 0 Å². The van der Waals surface area contributed by atoms with E-state index in [4.69, 9.17) is 0 Å². The number of rotatable bonds is 5. The van der Waals surface area contributed by atoms with Crippen LogP contribution < -0.4 is 5.32 Å². The molecule has 1 N–H and O–H groups in total. The molecule has 1 aliphatic carbocycles. The molecular weight excluding hydrogens is 252 g/mol. The molecule has 20 heavy (non-hydrogen) atoms. The monoisotopic (exact) mass is 272 g/mol. The van der Waals surface area contributed by atoms with Gasteiger partial charge in [-0.25, -0.2) is 0 Å². The maximum absolute atomic E-state index is 11.8. The highest BCUT2D eigenvalue weighted by Crippen LogP contribution is 2.19. The van der Waals surface area contributed by atoms with Crippen molar-refractivity contribution in [2.75, 3.05) is 13.6 Å². The van der Waals surface area contributed by atoms with Crippen LogP contribution in [0.15, 0.2) is 30.3 Å². The van der Waals surface area contributed by atoms with E-state index in [0.717, 1.165) is 18.4 Å². The first-order valence-corrected chi connectivity index (χ1v) is 6.94. The molecule has 0 bridgehead atoms. The fourth-order valence-electron chi connectivity index (χ4n) is 1.69. The third kappa shape index (κ3) is 3.95. The topological polar surface area (TPSA) is 49.4 Å². The zero-order valence-corrected chi connectivity index (χ0v) is 11.9. The fraction of sp³-hybridized carbons (Fsp3) is 0.375. The Morgan fingerprint density at radius 3 is 2.50 bits per heavy atom. The fourth-order valence-corrected chi connectivity index (χ4v) is 1.69. The third-order valence-electron chi connectivity index (χ3n) is 3.35. The third-order valence-corrected chi connectivity index (χ3v) is 3.35. The van der Waals surface area contributed by atoms with E-state index in [2.05, 4.69) is 5.32 Å². The van der Waals surface area contributed by atoms with Crippen molar-refractivity contribution in [3.05, 3.63) is 41.5 Å². The van der Waals surface area contributed by atoms with Gasteiger partial charge < -0.3 is 10.2 Å². The Bertz CT molecular complexity index is 516. The lowest BCUT2D eigenvalue weighted by Gasteiger charge is -2.10. The van der Waals surface area contributed by atoms with Crippen molar-refractivity contribution in [3.8, 4) is 0 Å². The van der Waals surface area contributed by atoms with E-state index in [1.807, 2.05) is 19.1 Å². The lowest BCUT2D eigenvalue weighted by atomic mass is 10.1. The van der Waals surface area contributed by atoms with E-state index in [-0.39, 0.29) is 11.8 Å². The van der Waals surface area contributed by atoms with Gasteiger partial charge in [0.15, 0.2) is 0 Å². The Morgan fingerprint density at radius 1 is 1.30 bits per heavy atom. The summed E-state index contributed by atoms with van der Waals surface area (Å²) >= 11 is 0. The van der Waals surface area contributed by atoms with Gasteiger partial charge in [-0.05, 0) is 43.5 Å². The van der Waals surface area contributed by atoms with Crippen molar-refractivity contribution in [3.63, 3.8) is 0 Å². The molecular formula is C16H20N2O2. The van der Waals surface area contributed by atoms with Gasteiger partial charge in [0.25, 0.3) is 5.91 Å². The molecule has 0 aliphatic heterocycles. The SMILES string of the molecule is CCN(C)C(=O)/C=C/c1ccc(C(=O)NC2CC2)cc1. The van der Waals surface area contributed by atoms with Gasteiger partial charge in [-0.15, -0.1) is 0 Å². The van der Waals surface area contributed by atoms with Crippen LogP contribution in [0.4, 0.5) is 0 Å². The summed E-state index contributed by atoms with van der Waals surface area (Å²) in [6, 6.07) is 7.62. The molecule has 1 aromatic rings. The Morgan fingerprint density at radius 2 is 1.95 bits per heavy atom. The summed E-state index contributed by atoms with van der Waals surface area (Å²) in [5, 5.41) is 2.94. The summed E-state index contributed by atoms with van der Waals surface area (Å²) < 4.78 is 0. The predicted molar refractivity (Wildman–Crippen MR) is 79.3 cm³/mol. The standard InChI is InChI=1S/C16H20N2O2/c1-3-18(2)15(19)11-6-12-4-7-13(8-5-12)16(20)17-14-9-10-14/h4-8,11,14H,3,9-10H2,1-2H3,(H,17,20)/b11-6+. The normalized spacial score (nSPS) is 14.3. The van der Waals surface area contributed by atoms with Crippen molar-refractivity contribution in [1.82, 2.24) is 10.2 Å². The zero-order chi connectivity index (χ0) is 14.5. The largest absolute Gasteiger partial charge is 0.349 e. The van der Waals surface area contributed by atoms with Gasteiger partial charge >= 0.3 is 0 Å². The molecule has 0 spiro atoms. The summed E-state index contributed by atoms with van der Waals surface area (Å²) in [5.41, 5.74) is 1.57. The number of carbonyl (C=O) groups excluding carboxylic acids is 2. The average Bonchev–Trinajstić information content (AvgIpc) is 3.28. The first kappa shape index (κ1) is 14.3. The summed E-state index contributed by atoms with van der Waals surface area (Å²) in [7, 11) is 1.76. The van der Waals surface area contributed by atoms with Gasteiger partial charge in [-0.1, -0.05) is 12.1 Å². The second-order valence-corrected chi connectivity index (χ2v) is 5.06. The van der Waals surface area contributed by atoms with Crippen LogP contribution in [0.3, 0.4) is 0 Å². The zero-order valence-electron chi connectivity index (χ0n) is 11.9. The van der Waals surface area contributed by atoms with Crippen LogP contribution >= 0.6 is 0 Å². The van der Waals surface area contributed by atoms with E-state index in [9.17, 15) is 9.59 Å². The first-order valence-electron chi connectivity index (χ1n) is 6.94. The number of carbonyl (C=O) groups is 2. The van der Waals surface area contributed by atoms with Crippen LogP contribution in [0.25, 0.3) is 6.08 Å². The number of benzene rings is 1. The van der Waals surface area contributed by atoms with Crippen LogP contribution in [-0.2, 0) is 4.79 Å². The molecule has 0 radical (unpaired) electrons. The maximum Gasteiger partial charge on any atom is 0.251 e. The molecule has 0 saturated heterocycles. The van der Waals surface area contributed by atoms with Crippen LogP contribution in [-0.4, -0.2) is 36.3 Å². The van der Waals surface area contributed by atoms with Crippen LogP contribution in [0.5, 0.6) is 0 Å². The highest BCUT2D eigenvalue weighted by molar-refractivity contribution is 5.95. The number of likely N-dealkylation sites (N-methyl/N-ethyl adjacent to an activating group) is 1. The highest BCUT2D eigenvalue weighted by Gasteiger charge is 2.23. The quantitative estimate of drug-likeness (QED) is 0.834. The molecule has 0 aromatic heterocycles. The van der Waals surface area contributed by atoms with Gasteiger partial charge in [-0.3, -0.25) is 9.59 Å². The number of hydrogen-bond donors (Lipinski definition) is 1. The maximum atomic E-state index is 11.8. The smallest absolute Gasteiger partial charge is 0.251 e. The average molecular weight is 272 g/mol. The minimum absolute atomic E-state index is 0.0233. The van der Waals surface area contributed by atoms with Crippen molar-refractivity contribution in [2.24, 2.45) is 0 Å². The van der Waals surface area contributed by atoms with Crippen molar-refractivity contribution in [2.45, 2.75) is 25.8 Å². The molecule has 1 saturated carbocycles. The molecule has 2 amide bonds. The molecule has 0 heterocycles. The number of hydrogen-bond acceptors (Lipinski definition) is 2. The summed E-state index contributed by atoms with van der Waals surface area (Å²) in [4.78, 5) is 25.1. The minimum atomic E-state index is -0.0250. The van der Waals surface area contributed by atoms with E-state index in [1.54, 1.807) is 36.2 Å². The molecule has 4 nitrogen and oxygen atoms in total. The van der Waals surface area contributed by atoms with Crippen LogP contribution in [0.2, 0.25) is 0 Å². The van der Waals surface area contributed by atoms with Crippen molar-refractivity contribution >= 4 is 17.9 Å². The summed E-state index contributed by atoms with van der Waals surface area (Å²) in [6.07, 6.45) is 5.47. The van der Waals surface area contributed by atoms with Crippen molar-refractivity contribution < 1.29 is 9.59 Å². The highest BCUT2D eigenvalue weighted by atomic mass is 16.2. The Kier molecular flexibility index (Phi) is 4.56. The van der Waals surface area contributed by atoms with Crippen LogP contribution in [0.1, 0.15) is 35.7 Å².